The summed E-state index contributed by atoms with van der Waals surface area (Å²) in [6, 6.07) is 0. The summed E-state index contributed by atoms with van der Waals surface area (Å²) in [5, 5.41) is 8.91. The van der Waals surface area contributed by atoms with Gasteiger partial charge in [-0.2, -0.15) is 0 Å². The molecular formula is C9H10F2N2O2. The Kier molecular flexibility index (Phi) is 1.86. The van der Waals surface area contributed by atoms with Gasteiger partial charge in [0.15, 0.2) is 5.41 Å². The third kappa shape index (κ3) is 1.10. The van der Waals surface area contributed by atoms with Crippen molar-refractivity contribution in [1.82, 2.24) is 9.55 Å². The molecule has 0 bridgehead atoms. The number of aryl methyl sites for hydroxylation is 1. The van der Waals surface area contributed by atoms with Gasteiger partial charge in [0.25, 0.3) is 5.92 Å². The number of hydrogen-bond donors (Lipinski definition) is 1. The van der Waals surface area contributed by atoms with Crippen LogP contribution in [0.1, 0.15) is 19.0 Å². The molecule has 1 N–H and O–H groups in total. The van der Waals surface area contributed by atoms with Crippen molar-refractivity contribution >= 4 is 5.97 Å². The molecule has 0 saturated heterocycles. The van der Waals surface area contributed by atoms with Gasteiger partial charge < -0.3 is 9.67 Å². The van der Waals surface area contributed by atoms with E-state index >= 15 is 0 Å². The summed E-state index contributed by atoms with van der Waals surface area (Å²) in [7, 11) is 0. The summed E-state index contributed by atoms with van der Waals surface area (Å²) in [6.45, 7) is 2.18. The van der Waals surface area contributed by atoms with Crippen molar-refractivity contribution in [3.8, 4) is 0 Å². The van der Waals surface area contributed by atoms with Gasteiger partial charge in [0.1, 0.15) is 0 Å². The Bertz CT molecular complexity index is 416. The zero-order valence-electron chi connectivity index (χ0n) is 8.07. The Hall–Kier alpha value is -1.46. The van der Waals surface area contributed by atoms with E-state index in [0.717, 1.165) is 0 Å². The highest BCUT2D eigenvalue weighted by Gasteiger charge is 2.78. The van der Waals surface area contributed by atoms with Crippen LogP contribution < -0.4 is 0 Å². The average molecular weight is 216 g/mol. The molecule has 0 radical (unpaired) electrons. The number of imidazole rings is 1. The maximum atomic E-state index is 13.2. The average Bonchev–Trinajstić information content (AvgIpc) is 2.60. The zero-order chi connectivity index (χ0) is 11.3. The van der Waals surface area contributed by atoms with E-state index in [2.05, 4.69) is 4.98 Å². The van der Waals surface area contributed by atoms with Gasteiger partial charge in [-0.05, 0) is 6.92 Å². The van der Waals surface area contributed by atoms with E-state index in [1.54, 1.807) is 6.92 Å². The Morgan fingerprint density at radius 3 is 2.73 bits per heavy atom. The standard InChI is InChI=1S/C9H10F2N2O2/c1-2-13-5-12-3-6(13)8(7(14)15)4-9(8,10)11/h3,5H,2,4H2,1H3,(H,14,15). The minimum atomic E-state index is -3.16. The lowest BCUT2D eigenvalue weighted by Gasteiger charge is -2.12. The molecule has 2 rings (SSSR count). The van der Waals surface area contributed by atoms with Crippen LogP contribution in [0.2, 0.25) is 0 Å². The molecule has 1 unspecified atom stereocenters. The smallest absolute Gasteiger partial charge is 0.322 e. The molecule has 0 spiro atoms. The van der Waals surface area contributed by atoms with Gasteiger partial charge in [0.05, 0.1) is 12.0 Å². The molecule has 1 heterocycles. The molecule has 0 aromatic carbocycles. The highest BCUT2D eigenvalue weighted by atomic mass is 19.3. The van der Waals surface area contributed by atoms with E-state index in [-0.39, 0.29) is 5.69 Å². The fourth-order valence-corrected chi connectivity index (χ4v) is 1.84. The number of carboxylic acids is 1. The third-order valence-electron chi connectivity index (χ3n) is 2.84. The lowest BCUT2D eigenvalue weighted by atomic mass is 10.0. The van der Waals surface area contributed by atoms with Crippen LogP contribution in [0, 0.1) is 0 Å². The zero-order valence-corrected chi connectivity index (χ0v) is 8.07. The first-order valence-corrected chi connectivity index (χ1v) is 4.57. The first-order chi connectivity index (χ1) is 6.95. The van der Waals surface area contributed by atoms with Crippen LogP contribution >= 0.6 is 0 Å². The Morgan fingerprint density at radius 1 is 1.73 bits per heavy atom. The second kappa shape index (κ2) is 2.77. The van der Waals surface area contributed by atoms with Crippen LogP contribution in [0.15, 0.2) is 12.5 Å². The molecule has 1 aliphatic carbocycles. The number of alkyl halides is 2. The first kappa shape index (κ1) is 10.1. The van der Waals surface area contributed by atoms with Crippen molar-refractivity contribution in [2.45, 2.75) is 31.2 Å². The summed E-state index contributed by atoms with van der Waals surface area (Å²) >= 11 is 0. The van der Waals surface area contributed by atoms with Crippen LogP contribution in [0.25, 0.3) is 0 Å². The third-order valence-corrected chi connectivity index (χ3v) is 2.84. The van der Waals surface area contributed by atoms with Crippen LogP contribution in [-0.4, -0.2) is 26.5 Å². The fraction of sp³-hybridized carbons (Fsp3) is 0.556. The predicted molar refractivity (Wildman–Crippen MR) is 46.8 cm³/mol. The number of carboxylic acid groups (broad SMARTS) is 1. The van der Waals surface area contributed by atoms with Crippen LogP contribution in [0.4, 0.5) is 8.78 Å². The first-order valence-electron chi connectivity index (χ1n) is 4.57. The van der Waals surface area contributed by atoms with Crippen molar-refractivity contribution in [2.24, 2.45) is 0 Å². The number of aliphatic carboxylic acids is 1. The largest absolute Gasteiger partial charge is 0.480 e. The lowest BCUT2D eigenvalue weighted by Crippen LogP contribution is -2.29. The van der Waals surface area contributed by atoms with Gasteiger partial charge in [-0.1, -0.05) is 0 Å². The van der Waals surface area contributed by atoms with E-state index in [1.165, 1.54) is 17.1 Å². The van der Waals surface area contributed by atoms with Crippen LogP contribution in [-0.2, 0) is 16.8 Å². The number of halogens is 2. The fourth-order valence-electron chi connectivity index (χ4n) is 1.84. The number of hydrogen-bond acceptors (Lipinski definition) is 2. The molecule has 1 aromatic rings. The van der Waals surface area contributed by atoms with Gasteiger partial charge in [0, 0.05) is 19.2 Å². The van der Waals surface area contributed by atoms with E-state index < -0.39 is 23.7 Å². The second-order valence-electron chi connectivity index (χ2n) is 3.66. The van der Waals surface area contributed by atoms with Crippen molar-refractivity contribution in [1.29, 1.82) is 0 Å². The SMILES string of the molecule is CCn1cncc1C1(C(=O)O)CC1(F)F. The summed E-state index contributed by atoms with van der Waals surface area (Å²) in [6.07, 6.45) is 1.94. The molecule has 1 saturated carbocycles. The van der Waals surface area contributed by atoms with Gasteiger partial charge >= 0.3 is 5.97 Å². The monoisotopic (exact) mass is 216 g/mol. The molecular weight excluding hydrogens is 206 g/mol. The topological polar surface area (TPSA) is 55.1 Å². The van der Waals surface area contributed by atoms with E-state index in [4.69, 9.17) is 5.11 Å². The minimum Gasteiger partial charge on any atom is -0.480 e. The summed E-state index contributed by atoms with van der Waals surface area (Å²) < 4.78 is 27.8. The molecule has 1 fully saturated rings. The molecule has 1 aliphatic rings. The Labute approximate surface area is 84.5 Å². The molecule has 1 aromatic heterocycles. The van der Waals surface area contributed by atoms with Gasteiger partial charge in [0.2, 0.25) is 0 Å². The van der Waals surface area contributed by atoms with Gasteiger partial charge in [-0.3, -0.25) is 4.79 Å². The predicted octanol–water partition coefficient (Wildman–Crippen LogP) is 1.26. The van der Waals surface area contributed by atoms with Crippen molar-refractivity contribution < 1.29 is 18.7 Å². The molecule has 1 atom stereocenters. The van der Waals surface area contributed by atoms with Crippen molar-refractivity contribution in [2.75, 3.05) is 0 Å². The molecule has 0 aliphatic heterocycles. The van der Waals surface area contributed by atoms with Crippen molar-refractivity contribution in [3.63, 3.8) is 0 Å². The maximum absolute atomic E-state index is 13.2. The molecule has 0 amide bonds. The quantitative estimate of drug-likeness (QED) is 0.827. The second-order valence-corrected chi connectivity index (χ2v) is 3.66. The van der Waals surface area contributed by atoms with Gasteiger partial charge in [-0.15, -0.1) is 0 Å². The van der Waals surface area contributed by atoms with E-state index in [9.17, 15) is 13.6 Å². The number of aromatic nitrogens is 2. The summed E-state index contributed by atoms with van der Waals surface area (Å²) in [4.78, 5) is 14.7. The number of carbonyl (C=O) groups is 1. The maximum Gasteiger partial charge on any atom is 0.322 e. The van der Waals surface area contributed by atoms with Crippen LogP contribution in [0.3, 0.4) is 0 Å². The van der Waals surface area contributed by atoms with Crippen molar-refractivity contribution in [3.05, 3.63) is 18.2 Å². The number of nitrogens with zero attached hydrogens (tertiary/aromatic N) is 2. The molecule has 15 heavy (non-hydrogen) atoms. The van der Waals surface area contributed by atoms with E-state index in [1.807, 2.05) is 0 Å². The summed E-state index contributed by atoms with van der Waals surface area (Å²) in [5.74, 6) is -4.64. The highest BCUT2D eigenvalue weighted by Crippen LogP contribution is 2.61. The minimum absolute atomic E-state index is 0.0856. The Balaban J connectivity index is 2.50. The molecule has 82 valence electrons. The molecule has 4 nitrogen and oxygen atoms in total. The lowest BCUT2D eigenvalue weighted by molar-refractivity contribution is -0.143. The Morgan fingerprint density at radius 2 is 2.33 bits per heavy atom. The normalized spacial score (nSPS) is 27.7. The number of rotatable bonds is 3. The van der Waals surface area contributed by atoms with E-state index in [0.29, 0.717) is 6.54 Å². The summed E-state index contributed by atoms with van der Waals surface area (Å²) in [5.41, 5.74) is -1.97. The molecule has 6 heteroatoms. The highest BCUT2D eigenvalue weighted by molar-refractivity contribution is 5.87. The van der Waals surface area contributed by atoms with Crippen LogP contribution in [0.5, 0.6) is 0 Å². The van der Waals surface area contributed by atoms with Gasteiger partial charge in [-0.25, -0.2) is 13.8 Å².